The Morgan fingerprint density at radius 2 is 2.42 bits per heavy atom. The first-order valence-electron chi connectivity index (χ1n) is 3.92. The average Bonchev–Trinajstić information content (AvgIpc) is 2.07. The SMILES string of the molecule is CCCOc1ncc(C)c(=O)[nH]1. The van der Waals surface area contributed by atoms with E-state index in [9.17, 15) is 4.79 Å². The van der Waals surface area contributed by atoms with Crippen molar-refractivity contribution in [2.24, 2.45) is 0 Å². The highest BCUT2D eigenvalue weighted by atomic mass is 16.5. The zero-order valence-electron chi connectivity index (χ0n) is 7.26. The first-order valence-corrected chi connectivity index (χ1v) is 3.92. The molecule has 0 aromatic carbocycles. The second-order valence-corrected chi connectivity index (χ2v) is 2.55. The van der Waals surface area contributed by atoms with Crippen molar-refractivity contribution >= 4 is 0 Å². The lowest BCUT2D eigenvalue weighted by atomic mass is 10.4. The molecule has 1 aromatic heterocycles. The maximum absolute atomic E-state index is 11.0. The Hall–Kier alpha value is -1.32. The first-order chi connectivity index (χ1) is 5.74. The average molecular weight is 168 g/mol. The van der Waals surface area contributed by atoms with E-state index in [1.807, 2.05) is 6.92 Å². The van der Waals surface area contributed by atoms with Crippen molar-refractivity contribution in [2.45, 2.75) is 20.3 Å². The fraction of sp³-hybridized carbons (Fsp3) is 0.500. The smallest absolute Gasteiger partial charge is 0.296 e. The number of nitrogens with zero attached hydrogens (tertiary/aromatic N) is 1. The standard InChI is InChI=1S/C8H12N2O2/c1-3-4-12-8-9-5-6(2)7(11)10-8/h5H,3-4H2,1-2H3,(H,9,10,11). The Bertz CT molecular complexity index is 306. The maximum Gasteiger partial charge on any atom is 0.296 e. The minimum absolute atomic E-state index is 0.142. The van der Waals surface area contributed by atoms with Crippen molar-refractivity contribution in [1.29, 1.82) is 0 Å². The van der Waals surface area contributed by atoms with Gasteiger partial charge >= 0.3 is 0 Å². The summed E-state index contributed by atoms with van der Waals surface area (Å²) in [7, 11) is 0. The molecule has 0 unspecified atom stereocenters. The molecule has 0 aliphatic carbocycles. The molecule has 0 atom stereocenters. The number of nitrogens with one attached hydrogen (secondary N) is 1. The highest BCUT2D eigenvalue weighted by Crippen LogP contribution is 1.97. The molecule has 0 amide bonds. The van der Waals surface area contributed by atoms with Crippen LogP contribution in [0.2, 0.25) is 0 Å². The topological polar surface area (TPSA) is 55.0 Å². The molecule has 1 heterocycles. The van der Waals surface area contributed by atoms with E-state index < -0.39 is 0 Å². The monoisotopic (exact) mass is 168 g/mol. The number of hydrogen-bond donors (Lipinski definition) is 1. The third kappa shape index (κ3) is 2.08. The number of ether oxygens (including phenoxy) is 1. The van der Waals surface area contributed by atoms with Crippen LogP contribution in [0.25, 0.3) is 0 Å². The van der Waals surface area contributed by atoms with Crippen LogP contribution in [0.3, 0.4) is 0 Å². The Kier molecular flexibility index (Phi) is 2.85. The van der Waals surface area contributed by atoms with Crippen molar-refractivity contribution in [1.82, 2.24) is 9.97 Å². The lowest BCUT2D eigenvalue weighted by Gasteiger charge is -2.01. The van der Waals surface area contributed by atoms with Gasteiger partial charge in [-0.05, 0) is 13.3 Å². The predicted octanol–water partition coefficient (Wildman–Crippen LogP) is 0.867. The van der Waals surface area contributed by atoms with E-state index in [0.29, 0.717) is 18.2 Å². The number of hydrogen-bond acceptors (Lipinski definition) is 3. The van der Waals surface area contributed by atoms with Gasteiger partial charge in [0.25, 0.3) is 11.6 Å². The van der Waals surface area contributed by atoms with Crippen LogP contribution >= 0.6 is 0 Å². The highest BCUT2D eigenvalue weighted by Gasteiger charge is 1.97. The third-order valence-corrected chi connectivity index (χ3v) is 1.40. The minimum atomic E-state index is -0.142. The molecule has 0 radical (unpaired) electrons. The molecule has 0 aliphatic rings. The van der Waals surface area contributed by atoms with Crippen LogP contribution in [0.1, 0.15) is 18.9 Å². The van der Waals surface area contributed by atoms with Crippen molar-refractivity contribution in [3.63, 3.8) is 0 Å². The molecule has 4 nitrogen and oxygen atoms in total. The summed E-state index contributed by atoms with van der Waals surface area (Å²) >= 11 is 0. The number of aryl methyl sites for hydroxylation is 1. The molecule has 12 heavy (non-hydrogen) atoms. The van der Waals surface area contributed by atoms with Gasteiger partial charge in [0.15, 0.2) is 0 Å². The fourth-order valence-electron chi connectivity index (χ4n) is 0.714. The van der Waals surface area contributed by atoms with Crippen molar-refractivity contribution < 1.29 is 4.74 Å². The number of aromatic amines is 1. The molecular weight excluding hydrogens is 156 g/mol. The molecule has 1 rings (SSSR count). The van der Waals surface area contributed by atoms with Crippen LogP contribution in [0.15, 0.2) is 11.0 Å². The lowest BCUT2D eigenvalue weighted by Crippen LogP contribution is -2.12. The molecule has 4 heteroatoms. The molecule has 0 saturated heterocycles. The lowest BCUT2D eigenvalue weighted by molar-refractivity contribution is 0.291. The van der Waals surface area contributed by atoms with Crippen LogP contribution in [0, 0.1) is 6.92 Å². The summed E-state index contributed by atoms with van der Waals surface area (Å²) in [4.78, 5) is 17.4. The molecule has 0 aliphatic heterocycles. The molecule has 0 bridgehead atoms. The fourth-order valence-corrected chi connectivity index (χ4v) is 0.714. The summed E-state index contributed by atoms with van der Waals surface area (Å²) < 4.78 is 5.12. The summed E-state index contributed by atoms with van der Waals surface area (Å²) in [5.74, 6) is 0. The van der Waals surface area contributed by atoms with Gasteiger partial charge in [-0.25, -0.2) is 4.98 Å². The first kappa shape index (κ1) is 8.77. The summed E-state index contributed by atoms with van der Waals surface area (Å²) in [5.41, 5.74) is 0.454. The van der Waals surface area contributed by atoms with Gasteiger partial charge in [-0.1, -0.05) is 6.92 Å². The van der Waals surface area contributed by atoms with E-state index in [2.05, 4.69) is 9.97 Å². The highest BCUT2D eigenvalue weighted by molar-refractivity contribution is 5.05. The Balaban J connectivity index is 2.76. The number of rotatable bonds is 3. The number of aromatic nitrogens is 2. The van der Waals surface area contributed by atoms with Crippen LogP contribution in [0.4, 0.5) is 0 Å². The molecule has 1 aromatic rings. The summed E-state index contributed by atoms with van der Waals surface area (Å²) in [6.07, 6.45) is 2.40. The van der Waals surface area contributed by atoms with Crippen molar-refractivity contribution in [2.75, 3.05) is 6.61 Å². The van der Waals surface area contributed by atoms with Crippen LogP contribution < -0.4 is 10.3 Å². The second kappa shape index (κ2) is 3.90. The van der Waals surface area contributed by atoms with Gasteiger partial charge in [0.2, 0.25) is 0 Å². The summed E-state index contributed by atoms with van der Waals surface area (Å²) in [5, 5.41) is 0. The Morgan fingerprint density at radius 1 is 1.67 bits per heavy atom. The zero-order chi connectivity index (χ0) is 8.97. The van der Waals surface area contributed by atoms with E-state index in [0.717, 1.165) is 6.42 Å². The van der Waals surface area contributed by atoms with Crippen LogP contribution in [-0.4, -0.2) is 16.6 Å². The van der Waals surface area contributed by atoms with E-state index in [-0.39, 0.29) is 5.56 Å². The molecular formula is C8H12N2O2. The zero-order valence-corrected chi connectivity index (χ0v) is 7.26. The van der Waals surface area contributed by atoms with Crippen LogP contribution in [-0.2, 0) is 0 Å². The van der Waals surface area contributed by atoms with E-state index >= 15 is 0 Å². The number of H-pyrrole nitrogens is 1. The Morgan fingerprint density at radius 3 is 3.00 bits per heavy atom. The minimum Gasteiger partial charge on any atom is -0.465 e. The Labute approximate surface area is 70.6 Å². The second-order valence-electron chi connectivity index (χ2n) is 2.55. The summed E-state index contributed by atoms with van der Waals surface area (Å²) in [6, 6.07) is 0.299. The van der Waals surface area contributed by atoms with Gasteiger partial charge in [-0.2, -0.15) is 0 Å². The van der Waals surface area contributed by atoms with Gasteiger partial charge in [0.1, 0.15) is 0 Å². The van der Waals surface area contributed by atoms with Gasteiger partial charge in [0.05, 0.1) is 6.61 Å². The van der Waals surface area contributed by atoms with Gasteiger partial charge < -0.3 is 4.74 Å². The van der Waals surface area contributed by atoms with Gasteiger partial charge in [-0.3, -0.25) is 9.78 Å². The van der Waals surface area contributed by atoms with Crippen molar-refractivity contribution in [3.05, 3.63) is 22.1 Å². The normalized spacial score (nSPS) is 9.83. The molecule has 0 saturated carbocycles. The van der Waals surface area contributed by atoms with E-state index in [1.165, 1.54) is 6.20 Å². The molecule has 0 spiro atoms. The van der Waals surface area contributed by atoms with Crippen molar-refractivity contribution in [3.8, 4) is 6.01 Å². The van der Waals surface area contributed by atoms with E-state index in [1.54, 1.807) is 6.92 Å². The third-order valence-electron chi connectivity index (χ3n) is 1.40. The quantitative estimate of drug-likeness (QED) is 0.728. The largest absolute Gasteiger partial charge is 0.465 e. The van der Waals surface area contributed by atoms with E-state index in [4.69, 9.17) is 4.74 Å². The van der Waals surface area contributed by atoms with Gasteiger partial charge in [-0.15, -0.1) is 0 Å². The van der Waals surface area contributed by atoms with Gasteiger partial charge in [0, 0.05) is 11.8 Å². The predicted molar refractivity (Wildman–Crippen MR) is 45.4 cm³/mol. The maximum atomic E-state index is 11.0. The molecule has 1 N–H and O–H groups in total. The molecule has 0 fully saturated rings. The summed E-state index contributed by atoms with van der Waals surface area (Å²) in [6.45, 7) is 4.27. The van der Waals surface area contributed by atoms with Crippen LogP contribution in [0.5, 0.6) is 6.01 Å². The molecule has 66 valence electrons.